The van der Waals surface area contributed by atoms with Gasteiger partial charge in [-0.1, -0.05) is 52.0 Å². The van der Waals surface area contributed by atoms with Crippen molar-refractivity contribution >= 4 is 11.9 Å². The SMILES string of the molecule is C=C(C)C(=O)OCCCCCCc1cc(F)c(OC(=O)C2CCC(C3CCC(CCC)CC3)CC2)c(F)c1. The highest BCUT2D eigenvalue weighted by Crippen LogP contribution is 2.42. The second-order valence-corrected chi connectivity index (χ2v) is 11.6. The Bertz CT molecular complexity index is 904. The molecular formula is C32H46F2O4. The maximum Gasteiger partial charge on any atom is 0.333 e. The van der Waals surface area contributed by atoms with Crippen molar-refractivity contribution in [3.05, 3.63) is 41.5 Å². The van der Waals surface area contributed by atoms with E-state index >= 15 is 0 Å². The Hall–Kier alpha value is -2.24. The highest BCUT2D eigenvalue weighted by molar-refractivity contribution is 5.86. The van der Waals surface area contributed by atoms with E-state index < -0.39 is 23.4 Å². The van der Waals surface area contributed by atoms with Crippen LogP contribution in [-0.4, -0.2) is 18.5 Å². The molecule has 1 aromatic rings. The number of hydrogen-bond donors (Lipinski definition) is 0. The Kier molecular flexibility index (Phi) is 12.3. The number of halogens is 2. The Morgan fingerprint density at radius 3 is 2.05 bits per heavy atom. The van der Waals surface area contributed by atoms with Crippen molar-refractivity contribution in [3.63, 3.8) is 0 Å². The van der Waals surface area contributed by atoms with E-state index in [0.717, 1.165) is 63.2 Å². The van der Waals surface area contributed by atoms with Gasteiger partial charge in [0, 0.05) is 5.57 Å². The van der Waals surface area contributed by atoms with E-state index in [0.29, 0.717) is 30.1 Å². The van der Waals surface area contributed by atoms with Crippen LogP contribution in [0, 0.1) is 35.3 Å². The molecule has 0 aliphatic heterocycles. The van der Waals surface area contributed by atoms with Crippen LogP contribution in [-0.2, 0) is 20.7 Å². The zero-order valence-corrected chi connectivity index (χ0v) is 23.4. The summed E-state index contributed by atoms with van der Waals surface area (Å²) in [6.07, 6.45) is 15.1. The molecule has 0 amide bonds. The molecule has 3 rings (SSSR count). The molecule has 2 aliphatic rings. The van der Waals surface area contributed by atoms with Gasteiger partial charge in [0.15, 0.2) is 11.6 Å². The summed E-state index contributed by atoms with van der Waals surface area (Å²) in [6.45, 7) is 7.75. The Morgan fingerprint density at radius 1 is 0.895 bits per heavy atom. The van der Waals surface area contributed by atoms with Gasteiger partial charge in [-0.25, -0.2) is 13.6 Å². The van der Waals surface area contributed by atoms with Gasteiger partial charge in [-0.3, -0.25) is 4.79 Å². The zero-order chi connectivity index (χ0) is 27.5. The monoisotopic (exact) mass is 532 g/mol. The summed E-state index contributed by atoms with van der Waals surface area (Å²) in [4.78, 5) is 24.1. The van der Waals surface area contributed by atoms with Gasteiger partial charge in [0.2, 0.25) is 5.75 Å². The first-order valence-electron chi connectivity index (χ1n) is 14.8. The van der Waals surface area contributed by atoms with Crippen LogP contribution < -0.4 is 4.74 Å². The minimum atomic E-state index is -0.822. The third-order valence-electron chi connectivity index (χ3n) is 8.56. The minimum Gasteiger partial charge on any atom is -0.462 e. The smallest absolute Gasteiger partial charge is 0.333 e. The van der Waals surface area contributed by atoms with E-state index in [1.165, 1.54) is 50.7 Å². The number of benzene rings is 1. The molecule has 0 N–H and O–H groups in total. The molecule has 0 aromatic heterocycles. The fourth-order valence-electron chi connectivity index (χ4n) is 6.29. The molecule has 0 spiro atoms. The average Bonchev–Trinajstić information content (AvgIpc) is 2.90. The standard InChI is InChI=1S/C32H46F2O4/c1-4-9-23-11-13-25(14-12-23)26-15-17-27(18-16-26)32(36)38-30-28(33)20-24(21-29(30)34)10-7-5-6-8-19-37-31(35)22(2)3/h20-21,23,25-27H,2,4-19H2,1,3H3. The lowest BCUT2D eigenvalue weighted by Crippen LogP contribution is -2.30. The topological polar surface area (TPSA) is 52.6 Å². The summed E-state index contributed by atoms with van der Waals surface area (Å²) in [5, 5.41) is 0. The first kappa shape index (κ1) is 30.3. The van der Waals surface area contributed by atoms with Crippen LogP contribution in [0.15, 0.2) is 24.3 Å². The van der Waals surface area contributed by atoms with Crippen molar-refractivity contribution in [3.8, 4) is 5.75 Å². The number of carbonyl (C=O) groups is 2. The third-order valence-corrected chi connectivity index (χ3v) is 8.56. The van der Waals surface area contributed by atoms with E-state index in [-0.39, 0.29) is 11.9 Å². The van der Waals surface area contributed by atoms with Gasteiger partial charge in [-0.2, -0.15) is 0 Å². The molecule has 2 aliphatic carbocycles. The predicted molar refractivity (Wildman–Crippen MR) is 146 cm³/mol. The quantitative estimate of drug-likeness (QED) is 0.111. The van der Waals surface area contributed by atoms with Crippen LogP contribution in [0.3, 0.4) is 0 Å². The van der Waals surface area contributed by atoms with Crippen molar-refractivity contribution in [1.82, 2.24) is 0 Å². The normalized spacial score (nSPS) is 23.6. The van der Waals surface area contributed by atoms with E-state index in [9.17, 15) is 18.4 Å². The summed E-state index contributed by atoms with van der Waals surface area (Å²) in [7, 11) is 0. The Balaban J connectivity index is 1.38. The van der Waals surface area contributed by atoms with Crippen molar-refractivity contribution < 1.29 is 27.8 Å². The largest absolute Gasteiger partial charge is 0.462 e. The number of aryl methyl sites for hydroxylation is 1. The third kappa shape index (κ3) is 9.20. The molecule has 0 radical (unpaired) electrons. The molecule has 0 saturated heterocycles. The van der Waals surface area contributed by atoms with Crippen molar-refractivity contribution in [1.29, 1.82) is 0 Å². The molecule has 4 nitrogen and oxygen atoms in total. The summed E-state index contributed by atoms with van der Waals surface area (Å²) in [5.41, 5.74) is 0.924. The molecule has 2 fully saturated rings. The van der Waals surface area contributed by atoms with Crippen LogP contribution in [0.4, 0.5) is 8.78 Å². The maximum atomic E-state index is 14.7. The second kappa shape index (κ2) is 15.4. The van der Waals surface area contributed by atoms with Crippen LogP contribution in [0.2, 0.25) is 0 Å². The van der Waals surface area contributed by atoms with Crippen LogP contribution >= 0.6 is 0 Å². The lowest BCUT2D eigenvalue weighted by Gasteiger charge is -2.37. The first-order valence-corrected chi connectivity index (χ1v) is 14.8. The molecule has 6 heteroatoms. The number of hydrogen-bond acceptors (Lipinski definition) is 4. The van der Waals surface area contributed by atoms with E-state index in [2.05, 4.69) is 13.5 Å². The van der Waals surface area contributed by atoms with Crippen molar-refractivity contribution in [2.75, 3.05) is 6.61 Å². The molecule has 0 unspecified atom stereocenters. The fraction of sp³-hybridized carbons (Fsp3) is 0.688. The zero-order valence-electron chi connectivity index (χ0n) is 23.4. The summed E-state index contributed by atoms with van der Waals surface area (Å²) in [5.74, 6) is -1.07. The molecule has 0 heterocycles. The number of unbranched alkanes of at least 4 members (excludes halogenated alkanes) is 3. The van der Waals surface area contributed by atoms with E-state index in [1.807, 2.05) is 0 Å². The number of ether oxygens (including phenoxy) is 2. The van der Waals surface area contributed by atoms with Gasteiger partial charge < -0.3 is 9.47 Å². The molecule has 38 heavy (non-hydrogen) atoms. The first-order chi connectivity index (χ1) is 18.3. The van der Waals surface area contributed by atoms with Gasteiger partial charge in [0.05, 0.1) is 12.5 Å². The van der Waals surface area contributed by atoms with E-state index in [4.69, 9.17) is 9.47 Å². The molecule has 0 bridgehead atoms. The molecule has 212 valence electrons. The van der Waals surface area contributed by atoms with Crippen molar-refractivity contribution in [2.24, 2.45) is 23.7 Å². The number of carbonyl (C=O) groups excluding carboxylic acids is 2. The molecule has 0 atom stereocenters. The summed E-state index contributed by atoms with van der Waals surface area (Å²) >= 11 is 0. The molecule has 2 saturated carbocycles. The average molecular weight is 533 g/mol. The van der Waals surface area contributed by atoms with Gasteiger partial charge in [-0.15, -0.1) is 0 Å². The van der Waals surface area contributed by atoms with Gasteiger partial charge in [0.25, 0.3) is 0 Å². The minimum absolute atomic E-state index is 0.282. The van der Waals surface area contributed by atoms with Crippen LogP contribution in [0.25, 0.3) is 0 Å². The Labute approximate surface area is 227 Å². The molecule has 1 aromatic carbocycles. The summed E-state index contributed by atoms with van der Waals surface area (Å²) < 4.78 is 39.7. The summed E-state index contributed by atoms with van der Waals surface area (Å²) in [6, 6.07) is 2.54. The number of esters is 2. The fourth-order valence-corrected chi connectivity index (χ4v) is 6.29. The molecular weight excluding hydrogens is 486 g/mol. The van der Waals surface area contributed by atoms with Crippen LogP contribution in [0.1, 0.15) is 109 Å². The Morgan fingerprint density at radius 2 is 1.47 bits per heavy atom. The van der Waals surface area contributed by atoms with Gasteiger partial charge in [-0.05, 0) is 100 Å². The maximum absolute atomic E-state index is 14.7. The van der Waals surface area contributed by atoms with Gasteiger partial charge >= 0.3 is 11.9 Å². The highest BCUT2D eigenvalue weighted by Gasteiger charge is 2.34. The number of rotatable bonds is 13. The van der Waals surface area contributed by atoms with Crippen molar-refractivity contribution in [2.45, 2.75) is 110 Å². The van der Waals surface area contributed by atoms with Crippen LogP contribution in [0.5, 0.6) is 5.75 Å². The lowest BCUT2D eigenvalue weighted by molar-refractivity contribution is -0.141. The van der Waals surface area contributed by atoms with E-state index in [1.54, 1.807) is 6.92 Å². The highest BCUT2D eigenvalue weighted by atomic mass is 19.1. The van der Waals surface area contributed by atoms with Gasteiger partial charge in [0.1, 0.15) is 0 Å². The second-order valence-electron chi connectivity index (χ2n) is 11.6. The predicted octanol–water partition coefficient (Wildman–Crippen LogP) is 8.51. The lowest BCUT2D eigenvalue weighted by atomic mass is 9.69.